The van der Waals surface area contributed by atoms with Gasteiger partial charge in [0.25, 0.3) is 0 Å². The van der Waals surface area contributed by atoms with Crippen LogP contribution in [0.25, 0.3) is 0 Å². The molecule has 0 aliphatic carbocycles. The van der Waals surface area contributed by atoms with Crippen LogP contribution < -0.4 is 5.32 Å². The lowest BCUT2D eigenvalue weighted by Gasteiger charge is -2.09. The molecule has 0 spiro atoms. The summed E-state index contributed by atoms with van der Waals surface area (Å²) in [6, 6.07) is 6.48. The molecule has 1 rings (SSSR count). The molecule has 0 amide bonds. The summed E-state index contributed by atoms with van der Waals surface area (Å²) < 4.78 is 9.33. The summed E-state index contributed by atoms with van der Waals surface area (Å²) in [4.78, 5) is 22.6. The molecule has 0 aromatic heterocycles. The van der Waals surface area contributed by atoms with Crippen LogP contribution >= 0.6 is 0 Å². The molecule has 0 saturated heterocycles. The normalized spacial score (nSPS) is 11.6. The van der Waals surface area contributed by atoms with E-state index in [0.717, 1.165) is 5.69 Å². The second-order valence-electron chi connectivity index (χ2n) is 4.27. The third kappa shape index (κ3) is 6.24. The molecule has 116 valence electrons. The van der Waals surface area contributed by atoms with E-state index in [-0.39, 0.29) is 19.0 Å². The van der Waals surface area contributed by atoms with Crippen LogP contribution in [-0.2, 0) is 14.3 Å². The number of aliphatic hydroxyl groups is 2. The molecule has 1 aromatic carbocycles. The first-order chi connectivity index (χ1) is 10.1. The Morgan fingerprint density at radius 1 is 1.29 bits per heavy atom. The lowest BCUT2D eigenvalue weighted by molar-refractivity contribution is -0.140. The van der Waals surface area contributed by atoms with Gasteiger partial charge in [-0.2, -0.15) is 0 Å². The maximum absolute atomic E-state index is 11.6. The highest BCUT2D eigenvalue weighted by molar-refractivity contribution is 5.89. The van der Waals surface area contributed by atoms with Gasteiger partial charge in [-0.3, -0.25) is 4.79 Å². The van der Waals surface area contributed by atoms with E-state index in [2.05, 4.69) is 10.1 Å². The fourth-order valence-electron chi connectivity index (χ4n) is 1.44. The lowest BCUT2D eigenvalue weighted by atomic mass is 10.2. The Morgan fingerprint density at radius 3 is 2.52 bits per heavy atom. The number of hydrogen-bond acceptors (Lipinski definition) is 7. The van der Waals surface area contributed by atoms with Gasteiger partial charge in [0.05, 0.1) is 25.7 Å². The zero-order valence-electron chi connectivity index (χ0n) is 11.7. The summed E-state index contributed by atoms with van der Waals surface area (Å²) in [6.45, 7) is -0.288. The highest BCUT2D eigenvalue weighted by Crippen LogP contribution is 2.10. The van der Waals surface area contributed by atoms with Crippen molar-refractivity contribution >= 4 is 17.6 Å². The molecule has 1 atom stereocenters. The van der Waals surface area contributed by atoms with Crippen LogP contribution in [0.2, 0.25) is 0 Å². The number of aliphatic hydroxyl groups excluding tert-OH is 2. The molecule has 0 bridgehead atoms. The fourth-order valence-corrected chi connectivity index (χ4v) is 1.44. The summed E-state index contributed by atoms with van der Waals surface area (Å²) in [7, 11) is 1.33. The summed E-state index contributed by atoms with van der Waals surface area (Å²) >= 11 is 0. The van der Waals surface area contributed by atoms with Crippen LogP contribution in [0.1, 0.15) is 16.8 Å². The van der Waals surface area contributed by atoms with Gasteiger partial charge in [0.15, 0.2) is 0 Å². The number of carbonyl (C=O) groups is 2. The number of esters is 2. The fraction of sp³-hybridized carbons (Fsp3) is 0.429. The third-order valence-electron chi connectivity index (χ3n) is 2.62. The molecule has 0 heterocycles. The highest BCUT2D eigenvalue weighted by atomic mass is 16.5. The van der Waals surface area contributed by atoms with E-state index in [1.165, 1.54) is 7.11 Å². The molecular weight excluding hydrogens is 278 g/mol. The van der Waals surface area contributed by atoms with E-state index in [1.807, 2.05) is 0 Å². The van der Waals surface area contributed by atoms with Gasteiger partial charge in [-0.25, -0.2) is 4.79 Å². The molecule has 0 saturated carbocycles. The van der Waals surface area contributed by atoms with Gasteiger partial charge in [-0.15, -0.1) is 0 Å². The first-order valence-corrected chi connectivity index (χ1v) is 6.43. The number of ether oxygens (including phenoxy) is 2. The minimum atomic E-state index is -1.08. The lowest BCUT2D eigenvalue weighted by Crippen LogP contribution is -2.21. The van der Waals surface area contributed by atoms with Crippen molar-refractivity contribution in [3.05, 3.63) is 29.8 Å². The molecule has 0 aliphatic rings. The van der Waals surface area contributed by atoms with Crippen LogP contribution in [0.4, 0.5) is 5.69 Å². The second-order valence-corrected chi connectivity index (χ2v) is 4.27. The Hall–Kier alpha value is -2.12. The molecule has 1 aromatic rings. The van der Waals surface area contributed by atoms with Crippen molar-refractivity contribution < 1.29 is 29.3 Å². The SMILES string of the molecule is COC(=O)CCNc1ccc(C(=O)OCC(O)CO)cc1. The average molecular weight is 297 g/mol. The van der Waals surface area contributed by atoms with Crippen LogP contribution in [0.5, 0.6) is 0 Å². The smallest absolute Gasteiger partial charge is 0.338 e. The summed E-state index contributed by atoms with van der Waals surface area (Å²) in [5.74, 6) is -0.881. The predicted octanol–water partition coefficient (Wildman–Crippen LogP) is 0.172. The van der Waals surface area contributed by atoms with Crippen molar-refractivity contribution in [1.29, 1.82) is 0 Å². The number of nitrogens with one attached hydrogen (secondary N) is 1. The molecule has 1 unspecified atom stereocenters. The Bertz CT molecular complexity index is 459. The third-order valence-corrected chi connectivity index (χ3v) is 2.62. The van der Waals surface area contributed by atoms with Gasteiger partial charge in [0, 0.05) is 12.2 Å². The minimum Gasteiger partial charge on any atom is -0.469 e. The number of hydrogen-bond donors (Lipinski definition) is 3. The predicted molar refractivity (Wildman–Crippen MR) is 74.9 cm³/mol. The van der Waals surface area contributed by atoms with Crippen LogP contribution in [0.3, 0.4) is 0 Å². The largest absolute Gasteiger partial charge is 0.469 e. The van der Waals surface area contributed by atoms with Gasteiger partial charge in [0.2, 0.25) is 0 Å². The molecule has 0 aliphatic heterocycles. The number of methoxy groups -OCH3 is 1. The first kappa shape index (κ1) is 16.9. The standard InChI is InChI=1S/C14H19NO6/c1-20-13(18)6-7-15-11-4-2-10(3-5-11)14(19)21-9-12(17)8-16/h2-5,12,15-17H,6-9H2,1H3. The number of rotatable bonds is 8. The summed E-state index contributed by atoms with van der Waals surface area (Å²) in [5.41, 5.74) is 1.09. The van der Waals surface area contributed by atoms with E-state index in [0.29, 0.717) is 12.1 Å². The summed E-state index contributed by atoms with van der Waals surface area (Å²) in [6.07, 6.45) is -0.826. The Kier molecular flexibility index (Phi) is 7.20. The van der Waals surface area contributed by atoms with Crippen LogP contribution in [-0.4, -0.2) is 55.1 Å². The van der Waals surface area contributed by atoms with Gasteiger partial charge in [-0.1, -0.05) is 0 Å². The molecule has 7 heteroatoms. The van der Waals surface area contributed by atoms with E-state index in [1.54, 1.807) is 24.3 Å². The Labute approximate surface area is 122 Å². The highest BCUT2D eigenvalue weighted by Gasteiger charge is 2.10. The molecule has 0 radical (unpaired) electrons. The van der Waals surface area contributed by atoms with Gasteiger partial charge in [0.1, 0.15) is 12.7 Å². The van der Waals surface area contributed by atoms with E-state index in [9.17, 15) is 9.59 Å². The monoisotopic (exact) mass is 297 g/mol. The summed E-state index contributed by atoms with van der Waals surface area (Å²) in [5, 5.41) is 20.7. The van der Waals surface area contributed by atoms with Crippen LogP contribution in [0.15, 0.2) is 24.3 Å². The molecule has 21 heavy (non-hydrogen) atoms. The van der Waals surface area contributed by atoms with E-state index in [4.69, 9.17) is 14.9 Å². The van der Waals surface area contributed by atoms with Gasteiger partial charge >= 0.3 is 11.9 Å². The topological polar surface area (TPSA) is 105 Å². The van der Waals surface area contributed by atoms with Gasteiger partial charge < -0.3 is 25.0 Å². The average Bonchev–Trinajstić information content (AvgIpc) is 2.52. The van der Waals surface area contributed by atoms with Crippen molar-refractivity contribution in [1.82, 2.24) is 0 Å². The number of anilines is 1. The van der Waals surface area contributed by atoms with Crippen molar-refractivity contribution in [3.63, 3.8) is 0 Å². The van der Waals surface area contributed by atoms with Crippen molar-refractivity contribution in [2.75, 3.05) is 32.2 Å². The van der Waals surface area contributed by atoms with Crippen molar-refractivity contribution in [2.24, 2.45) is 0 Å². The zero-order chi connectivity index (χ0) is 15.7. The Morgan fingerprint density at radius 2 is 1.95 bits per heavy atom. The minimum absolute atomic E-state index is 0.249. The van der Waals surface area contributed by atoms with E-state index < -0.39 is 18.7 Å². The molecule has 3 N–H and O–H groups in total. The van der Waals surface area contributed by atoms with E-state index >= 15 is 0 Å². The van der Waals surface area contributed by atoms with Gasteiger partial charge in [-0.05, 0) is 24.3 Å². The molecule has 0 fully saturated rings. The molecule has 7 nitrogen and oxygen atoms in total. The van der Waals surface area contributed by atoms with Crippen LogP contribution in [0, 0.1) is 0 Å². The Balaban J connectivity index is 2.42. The zero-order valence-corrected chi connectivity index (χ0v) is 11.7. The molecular formula is C14H19NO6. The quantitative estimate of drug-likeness (QED) is 0.587. The first-order valence-electron chi connectivity index (χ1n) is 6.43. The van der Waals surface area contributed by atoms with Crippen molar-refractivity contribution in [2.45, 2.75) is 12.5 Å². The number of benzene rings is 1. The maximum Gasteiger partial charge on any atom is 0.338 e. The maximum atomic E-state index is 11.6. The second kappa shape index (κ2) is 8.93. The number of carbonyl (C=O) groups excluding carboxylic acids is 2. The van der Waals surface area contributed by atoms with Crippen molar-refractivity contribution in [3.8, 4) is 0 Å².